The van der Waals surface area contributed by atoms with E-state index in [9.17, 15) is 0 Å². The molecule has 1 nitrogen and oxygen atoms in total. The lowest BCUT2D eigenvalue weighted by molar-refractivity contribution is 0.631. The van der Waals surface area contributed by atoms with Crippen LogP contribution in [0.3, 0.4) is 0 Å². The Morgan fingerprint density at radius 1 is 1.12 bits per heavy atom. The Hall–Kier alpha value is -0.630. The highest BCUT2D eigenvalue weighted by molar-refractivity contribution is 7.99. The zero-order chi connectivity index (χ0) is 11.8. The van der Waals surface area contributed by atoms with Gasteiger partial charge in [-0.15, -0.1) is 0 Å². The van der Waals surface area contributed by atoms with Crippen molar-refractivity contribution in [3.8, 4) is 0 Å². The van der Waals surface area contributed by atoms with E-state index in [0.717, 1.165) is 12.5 Å². The number of anilines is 1. The van der Waals surface area contributed by atoms with Crippen LogP contribution < -0.4 is 5.32 Å². The fourth-order valence-corrected chi connectivity index (χ4v) is 2.59. The van der Waals surface area contributed by atoms with Crippen molar-refractivity contribution in [1.29, 1.82) is 0 Å². The Bertz CT molecular complexity index is 271. The van der Waals surface area contributed by atoms with Crippen LogP contribution in [-0.4, -0.2) is 17.5 Å². The molecule has 1 atom stereocenters. The number of benzene rings is 1. The van der Waals surface area contributed by atoms with E-state index >= 15 is 0 Å². The predicted molar refractivity (Wildman–Crippen MR) is 76.3 cm³/mol. The molecule has 0 aliphatic rings. The Balaban J connectivity index is 2.13. The van der Waals surface area contributed by atoms with Gasteiger partial charge in [0.15, 0.2) is 0 Å². The van der Waals surface area contributed by atoms with E-state index in [1.807, 2.05) is 6.07 Å². The van der Waals surface area contributed by atoms with Crippen molar-refractivity contribution in [2.45, 2.75) is 32.4 Å². The SMILES string of the molecule is CC(C)CCSC(C)CNc1ccccc1. The molecule has 0 bridgehead atoms. The summed E-state index contributed by atoms with van der Waals surface area (Å²) in [6, 6.07) is 10.4. The van der Waals surface area contributed by atoms with Crippen LogP contribution >= 0.6 is 11.8 Å². The summed E-state index contributed by atoms with van der Waals surface area (Å²) in [4.78, 5) is 0. The molecule has 16 heavy (non-hydrogen) atoms. The first-order chi connectivity index (χ1) is 7.68. The minimum Gasteiger partial charge on any atom is -0.384 e. The molecule has 0 heterocycles. The fourth-order valence-electron chi connectivity index (χ4n) is 1.38. The number of para-hydroxylation sites is 1. The molecule has 1 aromatic carbocycles. The highest BCUT2D eigenvalue weighted by Crippen LogP contribution is 2.15. The first kappa shape index (κ1) is 13.4. The molecule has 0 saturated heterocycles. The number of thioether (sulfide) groups is 1. The Labute approximate surface area is 104 Å². The first-order valence-corrected chi connectivity index (χ1v) is 7.14. The van der Waals surface area contributed by atoms with Gasteiger partial charge in [-0.25, -0.2) is 0 Å². The highest BCUT2D eigenvalue weighted by atomic mass is 32.2. The summed E-state index contributed by atoms with van der Waals surface area (Å²) in [5, 5.41) is 4.14. The molecule has 1 unspecified atom stereocenters. The normalized spacial score (nSPS) is 12.8. The quantitative estimate of drug-likeness (QED) is 0.760. The van der Waals surface area contributed by atoms with Gasteiger partial charge in [0.05, 0.1) is 0 Å². The lowest BCUT2D eigenvalue weighted by Gasteiger charge is -2.14. The molecule has 1 aromatic rings. The van der Waals surface area contributed by atoms with Gasteiger partial charge in [0, 0.05) is 17.5 Å². The summed E-state index contributed by atoms with van der Waals surface area (Å²) < 4.78 is 0. The molecule has 0 aliphatic heterocycles. The molecule has 0 amide bonds. The van der Waals surface area contributed by atoms with Gasteiger partial charge in [-0.3, -0.25) is 0 Å². The third-order valence-electron chi connectivity index (χ3n) is 2.47. The number of hydrogen-bond donors (Lipinski definition) is 1. The van der Waals surface area contributed by atoms with E-state index in [2.05, 4.69) is 62.1 Å². The molecular formula is C14H23NS. The Morgan fingerprint density at radius 3 is 2.44 bits per heavy atom. The number of hydrogen-bond acceptors (Lipinski definition) is 2. The monoisotopic (exact) mass is 237 g/mol. The zero-order valence-electron chi connectivity index (χ0n) is 10.6. The molecule has 0 radical (unpaired) electrons. The molecule has 1 rings (SSSR count). The van der Waals surface area contributed by atoms with Crippen LogP contribution in [0.15, 0.2) is 30.3 Å². The van der Waals surface area contributed by atoms with E-state index in [-0.39, 0.29) is 0 Å². The summed E-state index contributed by atoms with van der Waals surface area (Å²) in [5.74, 6) is 2.09. The second kappa shape index (κ2) is 7.61. The average molecular weight is 237 g/mol. The smallest absolute Gasteiger partial charge is 0.0340 e. The van der Waals surface area contributed by atoms with Crippen molar-refractivity contribution in [2.75, 3.05) is 17.6 Å². The molecule has 0 aromatic heterocycles. The van der Waals surface area contributed by atoms with Crippen LogP contribution in [0.4, 0.5) is 5.69 Å². The van der Waals surface area contributed by atoms with Crippen LogP contribution in [0.5, 0.6) is 0 Å². The van der Waals surface area contributed by atoms with Crippen LogP contribution in [0.2, 0.25) is 0 Å². The maximum Gasteiger partial charge on any atom is 0.0340 e. The van der Waals surface area contributed by atoms with E-state index in [1.165, 1.54) is 17.9 Å². The van der Waals surface area contributed by atoms with Gasteiger partial charge in [0.25, 0.3) is 0 Å². The van der Waals surface area contributed by atoms with Crippen LogP contribution in [-0.2, 0) is 0 Å². The predicted octanol–water partition coefficient (Wildman–Crippen LogP) is 4.27. The van der Waals surface area contributed by atoms with Crippen molar-refractivity contribution in [2.24, 2.45) is 5.92 Å². The molecule has 0 aliphatic carbocycles. The second-order valence-corrected chi connectivity index (χ2v) is 6.16. The average Bonchev–Trinajstić information content (AvgIpc) is 2.27. The molecule has 0 saturated carbocycles. The van der Waals surface area contributed by atoms with Gasteiger partial charge in [0.1, 0.15) is 0 Å². The van der Waals surface area contributed by atoms with Crippen LogP contribution in [0.25, 0.3) is 0 Å². The van der Waals surface area contributed by atoms with Crippen LogP contribution in [0, 0.1) is 5.92 Å². The van der Waals surface area contributed by atoms with Gasteiger partial charge in [-0.1, -0.05) is 39.0 Å². The van der Waals surface area contributed by atoms with E-state index in [1.54, 1.807) is 0 Å². The van der Waals surface area contributed by atoms with Crippen molar-refractivity contribution < 1.29 is 0 Å². The van der Waals surface area contributed by atoms with Gasteiger partial charge < -0.3 is 5.32 Å². The zero-order valence-corrected chi connectivity index (χ0v) is 11.4. The van der Waals surface area contributed by atoms with Crippen molar-refractivity contribution in [3.05, 3.63) is 30.3 Å². The minimum absolute atomic E-state index is 0.680. The van der Waals surface area contributed by atoms with E-state index in [4.69, 9.17) is 0 Å². The van der Waals surface area contributed by atoms with Crippen molar-refractivity contribution >= 4 is 17.4 Å². The molecule has 0 spiro atoms. The van der Waals surface area contributed by atoms with Crippen molar-refractivity contribution in [1.82, 2.24) is 0 Å². The molecule has 90 valence electrons. The lowest BCUT2D eigenvalue weighted by Crippen LogP contribution is -2.13. The molecule has 0 fully saturated rings. The molecule has 2 heteroatoms. The van der Waals surface area contributed by atoms with Gasteiger partial charge in [0.2, 0.25) is 0 Å². The largest absolute Gasteiger partial charge is 0.384 e. The molecule has 1 N–H and O–H groups in total. The summed E-state index contributed by atoms with van der Waals surface area (Å²) in [6.07, 6.45) is 1.32. The maximum absolute atomic E-state index is 3.46. The minimum atomic E-state index is 0.680. The summed E-state index contributed by atoms with van der Waals surface area (Å²) in [6.45, 7) is 7.91. The summed E-state index contributed by atoms with van der Waals surface area (Å²) in [5.41, 5.74) is 1.22. The Kier molecular flexibility index (Phi) is 6.39. The third-order valence-corrected chi connectivity index (χ3v) is 3.67. The van der Waals surface area contributed by atoms with Gasteiger partial charge in [-0.2, -0.15) is 11.8 Å². The maximum atomic E-state index is 3.46. The standard InChI is InChI=1S/C14H23NS/c1-12(2)9-10-16-13(3)11-15-14-7-5-4-6-8-14/h4-8,12-13,15H,9-11H2,1-3H3. The number of rotatable bonds is 7. The van der Waals surface area contributed by atoms with E-state index < -0.39 is 0 Å². The van der Waals surface area contributed by atoms with E-state index in [0.29, 0.717) is 5.25 Å². The first-order valence-electron chi connectivity index (χ1n) is 6.09. The fraction of sp³-hybridized carbons (Fsp3) is 0.571. The highest BCUT2D eigenvalue weighted by Gasteiger charge is 2.03. The lowest BCUT2D eigenvalue weighted by atomic mass is 10.2. The van der Waals surface area contributed by atoms with Gasteiger partial charge in [-0.05, 0) is 30.2 Å². The van der Waals surface area contributed by atoms with Gasteiger partial charge >= 0.3 is 0 Å². The third kappa shape index (κ3) is 6.06. The summed E-state index contributed by atoms with van der Waals surface area (Å²) in [7, 11) is 0. The van der Waals surface area contributed by atoms with Crippen LogP contribution in [0.1, 0.15) is 27.2 Å². The van der Waals surface area contributed by atoms with Crippen molar-refractivity contribution in [3.63, 3.8) is 0 Å². The molecular weight excluding hydrogens is 214 g/mol. The summed E-state index contributed by atoms with van der Waals surface area (Å²) >= 11 is 2.06. The second-order valence-electron chi connectivity index (χ2n) is 4.61. The number of nitrogens with one attached hydrogen (secondary N) is 1. The topological polar surface area (TPSA) is 12.0 Å². The Morgan fingerprint density at radius 2 is 1.81 bits per heavy atom.